The Labute approximate surface area is 155 Å². The fourth-order valence-corrected chi connectivity index (χ4v) is 5.50. The zero-order valence-electron chi connectivity index (χ0n) is 13.9. The molecule has 1 saturated carbocycles. The lowest BCUT2D eigenvalue weighted by Crippen LogP contribution is -2.44. The lowest BCUT2D eigenvalue weighted by molar-refractivity contribution is -0.140. The monoisotopic (exact) mass is 394 g/mol. The van der Waals surface area contributed by atoms with Crippen molar-refractivity contribution in [3.63, 3.8) is 0 Å². The van der Waals surface area contributed by atoms with Gasteiger partial charge in [0.15, 0.2) is 0 Å². The Hall–Kier alpha value is -2.23. The number of carboxylic acid groups (broad SMARTS) is 1. The summed E-state index contributed by atoms with van der Waals surface area (Å²) in [4.78, 5) is 23.9. The van der Waals surface area contributed by atoms with E-state index in [-0.39, 0.29) is 21.4 Å². The number of sulfonamides is 1. The highest BCUT2D eigenvalue weighted by molar-refractivity contribution is 7.91. The second-order valence-electron chi connectivity index (χ2n) is 6.03. The SMILES string of the molecule is CCNC(=O)c1ccc(S(=O)(=O)N[C@]2(C(=O)O)C[C@H]2c2ccccc2)s1. The van der Waals surface area contributed by atoms with E-state index >= 15 is 0 Å². The third-order valence-corrected chi connectivity index (χ3v) is 7.35. The van der Waals surface area contributed by atoms with Crippen molar-refractivity contribution in [3.8, 4) is 0 Å². The molecule has 26 heavy (non-hydrogen) atoms. The predicted octanol–water partition coefficient (Wildman–Crippen LogP) is 1.79. The Kier molecular flexibility index (Phi) is 4.87. The van der Waals surface area contributed by atoms with Crippen molar-refractivity contribution >= 4 is 33.2 Å². The number of thiophene rings is 1. The number of carbonyl (C=O) groups excluding carboxylic acids is 1. The van der Waals surface area contributed by atoms with Gasteiger partial charge in [-0.1, -0.05) is 30.3 Å². The molecule has 0 aliphatic heterocycles. The molecule has 1 aliphatic rings. The van der Waals surface area contributed by atoms with Crippen molar-refractivity contribution in [2.24, 2.45) is 0 Å². The van der Waals surface area contributed by atoms with Gasteiger partial charge in [-0.2, -0.15) is 4.72 Å². The zero-order chi connectivity index (χ0) is 18.9. The van der Waals surface area contributed by atoms with Crippen LogP contribution in [0.4, 0.5) is 0 Å². The molecule has 2 aromatic rings. The number of carboxylic acids is 1. The topological polar surface area (TPSA) is 113 Å². The van der Waals surface area contributed by atoms with Crippen LogP contribution >= 0.6 is 11.3 Å². The van der Waals surface area contributed by atoms with Crippen molar-refractivity contribution in [3.05, 3.63) is 52.9 Å². The molecule has 0 bridgehead atoms. The third kappa shape index (κ3) is 3.37. The van der Waals surface area contributed by atoms with E-state index in [9.17, 15) is 23.1 Å². The summed E-state index contributed by atoms with van der Waals surface area (Å²) in [6.07, 6.45) is 0.181. The van der Waals surface area contributed by atoms with Gasteiger partial charge in [-0.25, -0.2) is 8.42 Å². The standard InChI is InChI=1S/C17H18N2O5S2/c1-2-18-15(20)13-8-9-14(25-13)26(23,24)19-17(16(21)22)10-12(17)11-6-4-3-5-7-11/h3-9,12,19H,2,10H2,1H3,(H,18,20)(H,21,22)/t12-,17+/m0/s1. The molecular weight excluding hydrogens is 376 g/mol. The molecule has 2 atom stereocenters. The summed E-state index contributed by atoms with van der Waals surface area (Å²) >= 11 is 0.810. The van der Waals surface area contributed by atoms with Crippen molar-refractivity contribution < 1.29 is 23.1 Å². The maximum atomic E-state index is 12.7. The van der Waals surface area contributed by atoms with Crippen LogP contribution in [0.2, 0.25) is 0 Å². The summed E-state index contributed by atoms with van der Waals surface area (Å²) in [6, 6.07) is 11.7. The highest BCUT2D eigenvalue weighted by Gasteiger charge is 2.63. The Bertz CT molecular complexity index is 939. The lowest BCUT2D eigenvalue weighted by atomic mass is 10.1. The first-order valence-corrected chi connectivity index (χ1v) is 10.3. The average molecular weight is 394 g/mol. The summed E-state index contributed by atoms with van der Waals surface area (Å²) < 4.78 is 27.6. The van der Waals surface area contributed by atoms with Crippen LogP contribution in [0.3, 0.4) is 0 Å². The minimum atomic E-state index is -4.06. The van der Waals surface area contributed by atoms with E-state index in [1.807, 2.05) is 6.07 Å². The van der Waals surface area contributed by atoms with Gasteiger partial charge in [-0.3, -0.25) is 9.59 Å². The van der Waals surface area contributed by atoms with E-state index in [0.29, 0.717) is 6.54 Å². The van der Waals surface area contributed by atoms with Gasteiger partial charge in [0.05, 0.1) is 4.88 Å². The summed E-state index contributed by atoms with van der Waals surface area (Å²) in [5, 5.41) is 12.2. The molecule has 3 rings (SSSR count). The number of rotatable bonds is 7. The highest BCUT2D eigenvalue weighted by Crippen LogP contribution is 2.52. The molecular formula is C17H18N2O5S2. The van der Waals surface area contributed by atoms with Crippen LogP contribution in [0.1, 0.15) is 34.5 Å². The molecule has 1 aromatic heterocycles. The molecule has 1 fully saturated rings. The van der Waals surface area contributed by atoms with Crippen molar-refractivity contribution in [1.29, 1.82) is 0 Å². The quantitative estimate of drug-likeness (QED) is 0.663. The van der Waals surface area contributed by atoms with Crippen LogP contribution in [0.25, 0.3) is 0 Å². The van der Waals surface area contributed by atoms with E-state index in [0.717, 1.165) is 16.9 Å². The van der Waals surface area contributed by atoms with Gasteiger partial charge in [-0.05, 0) is 31.0 Å². The molecule has 3 N–H and O–H groups in total. The van der Waals surface area contributed by atoms with Gasteiger partial charge in [0.2, 0.25) is 0 Å². The summed E-state index contributed by atoms with van der Waals surface area (Å²) in [5.74, 6) is -2.00. The van der Waals surface area contributed by atoms with Crippen LogP contribution < -0.4 is 10.0 Å². The maximum absolute atomic E-state index is 12.7. The molecule has 138 valence electrons. The van der Waals surface area contributed by atoms with E-state index in [1.165, 1.54) is 12.1 Å². The van der Waals surface area contributed by atoms with Gasteiger partial charge in [0.25, 0.3) is 15.9 Å². The number of hydrogen-bond acceptors (Lipinski definition) is 5. The third-order valence-electron chi connectivity index (χ3n) is 4.27. The van der Waals surface area contributed by atoms with E-state index in [2.05, 4.69) is 10.0 Å². The second-order valence-corrected chi connectivity index (χ2v) is 9.02. The van der Waals surface area contributed by atoms with Gasteiger partial charge in [0.1, 0.15) is 9.75 Å². The molecule has 0 spiro atoms. The summed E-state index contributed by atoms with van der Waals surface area (Å²) in [6.45, 7) is 2.19. The first-order chi connectivity index (χ1) is 12.3. The fourth-order valence-electron chi connectivity index (χ4n) is 2.87. The smallest absolute Gasteiger partial charge is 0.325 e. The minimum Gasteiger partial charge on any atom is -0.480 e. The van der Waals surface area contributed by atoms with Crippen molar-refractivity contribution in [2.75, 3.05) is 6.54 Å². The predicted molar refractivity (Wildman–Crippen MR) is 96.8 cm³/mol. The number of amides is 1. The van der Waals surface area contributed by atoms with E-state index < -0.39 is 27.4 Å². The first-order valence-electron chi connectivity index (χ1n) is 8.00. The van der Waals surface area contributed by atoms with E-state index in [4.69, 9.17) is 0 Å². The number of nitrogens with one attached hydrogen (secondary N) is 2. The largest absolute Gasteiger partial charge is 0.480 e. The average Bonchev–Trinajstić information content (AvgIpc) is 3.10. The van der Waals surface area contributed by atoms with Crippen LogP contribution in [0.5, 0.6) is 0 Å². The van der Waals surface area contributed by atoms with E-state index in [1.54, 1.807) is 31.2 Å². The highest BCUT2D eigenvalue weighted by atomic mass is 32.2. The number of benzene rings is 1. The Balaban J connectivity index is 1.84. The fraction of sp³-hybridized carbons (Fsp3) is 0.294. The summed E-state index contributed by atoms with van der Waals surface area (Å²) in [5.41, 5.74) is -0.789. The number of aliphatic carboxylic acids is 1. The minimum absolute atomic E-state index is 0.0851. The van der Waals surface area contributed by atoms with Crippen LogP contribution in [0.15, 0.2) is 46.7 Å². The molecule has 9 heteroatoms. The molecule has 0 unspecified atom stereocenters. The number of hydrogen-bond donors (Lipinski definition) is 3. The molecule has 1 aliphatic carbocycles. The molecule has 1 aromatic carbocycles. The zero-order valence-corrected chi connectivity index (χ0v) is 15.6. The Morgan fingerprint density at radius 2 is 1.92 bits per heavy atom. The lowest BCUT2D eigenvalue weighted by Gasteiger charge is -2.14. The van der Waals surface area contributed by atoms with Gasteiger partial charge < -0.3 is 10.4 Å². The Morgan fingerprint density at radius 3 is 2.54 bits per heavy atom. The molecule has 1 amide bonds. The van der Waals surface area contributed by atoms with Crippen LogP contribution in [-0.2, 0) is 14.8 Å². The molecule has 7 nitrogen and oxygen atoms in total. The van der Waals surface area contributed by atoms with Gasteiger partial charge in [-0.15, -0.1) is 11.3 Å². The van der Waals surface area contributed by atoms with Gasteiger partial charge in [0, 0.05) is 12.5 Å². The van der Waals surface area contributed by atoms with Crippen LogP contribution in [0, 0.1) is 0 Å². The second kappa shape index (κ2) is 6.82. The van der Waals surface area contributed by atoms with Crippen LogP contribution in [-0.4, -0.2) is 37.5 Å². The Morgan fingerprint density at radius 1 is 1.23 bits per heavy atom. The first kappa shape index (κ1) is 18.6. The van der Waals surface area contributed by atoms with Gasteiger partial charge >= 0.3 is 5.97 Å². The van der Waals surface area contributed by atoms with Crippen molar-refractivity contribution in [2.45, 2.75) is 29.0 Å². The molecule has 1 heterocycles. The van der Waals surface area contributed by atoms with Crippen molar-refractivity contribution in [1.82, 2.24) is 10.0 Å². The maximum Gasteiger partial charge on any atom is 0.325 e. The summed E-state index contributed by atoms with van der Waals surface area (Å²) in [7, 11) is -4.06. The molecule has 0 radical (unpaired) electrons. The number of carbonyl (C=O) groups is 2. The molecule has 0 saturated heterocycles. The normalized spacial score (nSPS) is 22.0.